The summed E-state index contributed by atoms with van der Waals surface area (Å²) in [6.07, 6.45) is 5.53. The summed E-state index contributed by atoms with van der Waals surface area (Å²) < 4.78 is 13.8. The Balaban J connectivity index is 0.00000164. The van der Waals surface area contributed by atoms with Crippen LogP contribution in [0.3, 0.4) is 0 Å². The number of aliphatic imine (C=N–C) groups is 2. The van der Waals surface area contributed by atoms with E-state index in [1.807, 2.05) is 45.9 Å². The molecule has 202 valence electrons. The van der Waals surface area contributed by atoms with E-state index >= 15 is 0 Å². The molecule has 2 aliphatic heterocycles. The summed E-state index contributed by atoms with van der Waals surface area (Å²) in [5.74, 6) is 0.247. The summed E-state index contributed by atoms with van der Waals surface area (Å²) in [7, 11) is 1.50. The van der Waals surface area contributed by atoms with Gasteiger partial charge < -0.3 is 11.1 Å². The van der Waals surface area contributed by atoms with Crippen LogP contribution in [0.1, 0.15) is 57.4 Å². The van der Waals surface area contributed by atoms with Gasteiger partial charge in [-0.15, -0.1) is 0 Å². The zero-order chi connectivity index (χ0) is 27.7. The normalized spacial score (nSPS) is 20.2. The highest BCUT2D eigenvalue weighted by atomic mass is 19.1. The van der Waals surface area contributed by atoms with Gasteiger partial charge in [0, 0.05) is 42.4 Å². The van der Waals surface area contributed by atoms with Crippen LogP contribution in [0.4, 0.5) is 15.8 Å². The van der Waals surface area contributed by atoms with Crippen molar-refractivity contribution >= 4 is 29.8 Å². The van der Waals surface area contributed by atoms with Crippen molar-refractivity contribution in [3.63, 3.8) is 0 Å². The molecule has 1 aromatic heterocycles. The molecule has 0 radical (unpaired) electrons. The highest BCUT2D eigenvalue weighted by Crippen LogP contribution is 2.51. The van der Waals surface area contributed by atoms with Crippen LogP contribution in [0.25, 0.3) is 0 Å². The first-order chi connectivity index (χ1) is 18.2. The lowest BCUT2D eigenvalue weighted by atomic mass is 9.88. The number of halogens is 1. The van der Waals surface area contributed by atoms with E-state index in [9.17, 15) is 9.18 Å². The third-order valence-electron chi connectivity index (χ3n) is 7.35. The van der Waals surface area contributed by atoms with Gasteiger partial charge in [0.05, 0.1) is 17.1 Å². The molecule has 3 heterocycles. The van der Waals surface area contributed by atoms with Crippen molar-refractivity contribution in [2.24, 2.45) is 15.7 Å². The maximum atomic E-state index is 13.8. The number of pyridine rings is 1. The fraction of sp³-hybridized carbons (Fsp3) is 0.448. The minimum Gasteiger partial charge on any atom is -0.333 e. The smallest absolute Gasteiger partial charge is 0.278 e. The Morgan fingerprint density at radius 1 is 1.26 bits per heavy atom. The van der Waals surface area contributed by atoms with Crippen molar-refractivity contribution in [3.8, 4) is 0 Å². The minimum atomic E-state index is -0.759. The summed E-state index contributed by atoms with van der Waals surface area (Å²) in [6, 6.07) is 9.81. The molecule has 1 aliphatic carbocycles. The standard InChI is InChI=1S/C28H33FN6O.CH5N/c1-18(2)34-26(36)22(15-30-5)25(35(34)21-8-11-32-24(13-21)27(3,4)16-29)33-20-6-7-23-19(12-20)14-31-17-28(23)9-10-28;1-2/h6-8,11-13,15,18,31H,5,9-10,14,16-17H2,1-4H3;2H2,1H3/b22-15+,33-25?;. The summed E-state index contributed by atoms with van der Waals surface area (Å²) in [4.78, 5) is 26.9. The number of anilines is 1. The number of nitrogens with two attached hydrogens (primary N) is 1. The van der Waals surface area contributed by atoms with E-state index in [0.29, 0.717) is 22.8 Å². The molecular weight excluding hydrogens is 481 g/mol. The number of rotatable bonds is 6. The summed E-state index contributed by atoms with van der Waals surface area (Å²) in [5.41, 5.74) is 9.09. The second kappa shape index (κ2) is 10.7. The maximum absolute atomic E-state index is 13.8. The average Bonchev–Trinajstić information content (AvgIpc) is 3.63. The fourth-order valence-electron chi connectivity index (χ4n) is 5.10. The number of benzene rings is 1. The van der Waals surface area contributed by atoms with E-state index < -0.39 is 12.1 Å². The predicted molar refractivity (Wildman–Crippen MR) is 152 cm³/mol. The van der Waals surface area contributed by atoms with Gasteiger partial charge in [0.15, 0.2) is 5.84 Å². The number of hydrazine groups is 1. The number of carbonyl (C=O) groups is 1. The van der Waals surface area contributed by atoms with Gasteiger partial charge in [-0.1, -0.05) is 19.9 Å². The number of nitrogens with one attached hydrogen (secondary N) is 1. The lowest BCUT2D eigenvalue weighted by Gasteiger charge is -2.33. The van der Waals surface area contributed by atoms with Gasteiger partial charge >= 0.3 is 0 Å². The van der Waals surface area contributed by atoms with Gasteiger partial charge in [-0.2, -0.15) is 0 Å². The molecule has 1 saturated heterocycles. The molecule has 0 unspecified atom stereocenters. The van der Waals surface area contributed by atoms with Gasteiger partial charge in [0.2, 0.25) is 0 Å². The van der Waals surface area contributed by atoms with E-state index in [1.165, 1.54) is 37.2 Å². The second-order valence-electron chi connectivity index (χ2n) is 10.9. The zero-order valence-corrected chi connectivity index (χ0v) is 23.0. The summed E-state index contributed by atoms with van der Waals surface area (Å²) in [6.45, 7) is 12.4. The first-order valence-corrected chi connectivity index (χ1v) is 13.0. The van der Waals surface area contributed by atoms with E-state index in [2.05, 4.69) is 39.9 Å². The number of carbonyl (C=O) groups excluding carboxylic acids is 1. The first-order valence-electron chi connectivity index (χ1n) is 13.0. The van der Waals surface area contributed by atoms with E-state index in [0.717, 1.165) is 18.8 Å². The van der Waals surface area contributed by atoms with Gasteiger partial charge in [-0.05, 0) is 75.8 Å². The number of nitrogens with zero attached hydrogens (tertiary/aromatic N) is 5. The highest BCUT2D eigenvalue weighted by molar-refractivity contribution is 6.32. The molecule has 8 nitrogen and oxygen atoms in total. The zero-order valence-electron chi connectivity index (χ0n) is 23.0. The van der Waals surface area contributed by atoms with Crippen molar-refractivity contribution < 1.29 is 9.18 Å². The van der Waals surface area contributed by atoms with Crippen molar-refractivity contribution in [3.05, 3.63) is 65.1 Å². The summed E-state index contributed by atoms with van der Waals surface area (Å²) >= 11 is 0. The van der Waals surface area contributed by atoms with Crippen molar-refractivity contribution in [1.29, 1.82) is 0 Å². The molecule has 38 heavy (non-hydrogen) atoms. The Bertz CT molecular complexity index is 1280. The minimum absolute atomic E-state index is 0.160. The predicted octanol–water partition coefficient (Wildman–Crippen LogP) is 4.33. The molecule has 9 heteroatoms. The molecule has 0 atom stereocenters. The van der Waals surface area contributed by atoms with Crippen LogP contribution in [0.2, 0.25) is 0 Å². The molecule has 3 N–H and O–H groups in total. The number of amides is 1. The Hall–Kier alpha value is -3.43. The molecule has 1 spiro atoms. The lowest BCUT2D eigenvalue weighted by molar-refractivity contribution is -0.126. The average molecular weight is 520 g/mol. The van der Waals surface area contributed by atoms with Crippen LogP contribution in [-0.4, -0.2) is 54.8 Å². The summed E-state index contributed by atoms with van der Waals surface area (Å²) in [5, 5.41) is 6.98. The number of fused-ring (bicyclic) bond motifs is 2. The molecular formula is C29H38FN7O. The number of alkyl halides is 1. The maximum Gasteiger partial charge on any atom is 0.278 e. The molecule has 2 aromatic rings. The first kappa shape index (κ1) is 27.6. The number of hydrogen-bond donors (Lipinski definition) is 2. The topological polar surface area (TPSA) is 99.2 Å². The van der Waals surface area contributed by atoms with Crippen LogP contribution in [0.5, 0.6) is 0 Å². The van der Waals surface area contributed by atoms with Gasteiger partial charge in [-0.3, -0.25) is 19.2 Å². The van der Waals surface area contributed by atoms with Crippen molar-refractivity contribution in [1.82, 2.24) is 15.3 Å². The molecule has 0 bridgehead atoms. The Kier molecular flexibility index (Phi) is 7.80. The highest BCUT2D eigenvalue weighted by Gasteiger charge is 2.47. The Morgan fingerprint density at radius 2 is 2.00 bits per heavy atom. The van der Waals surface area contributed by atoms with Crippen LogP contribution in [0, 0.1) is 0 Å². The third kappa shape index (κ3) is 4.88. The fourth-order valence-corrected chi connectivity index (χ4v) is 5.10. The SMILES string of the molecule is C=N/C=C1/C(=O)N(C(C)C)N(c2ccnc(C(C)(C)CF)c2)C1=Nc1ccc2c(c1)CNCC21CC1.CN. The van der Waals surface area contributed by atoms with E-state index in [-0.39, 0.29) is 17.4 Å². The van der Waals surface area contributed by atoms with Crippen LogP contribution in [-0.2, 0) is 22.2 Å². The van der Waals surface area contributed by atoms with Gasteiger partial charge in [-0.25, -0.2) is 15.0 Å². The molecule has 5 rings (SSSR count). The van der Waals surface area contributed by atoms with Crippen LogP contribution < -0.4 is 16.1 Å². The van der Waals surface area contributed by atoms with Crippen LogP contribution >= 0.6 is 0 Å². The van der Waals surface area contributed by atoms with Crippen molar-refractivity contribution in [2.75, 3.05) is 25.3 Å². The Labute approximate surface area is 224 Å². The molecule has 3 aliphatic rings. The molecule has 1 aromatic carbocycles. The Morgan fingerprint density at radius 3 is 2.63 bits per heavy atom. The lowest BCUT2D eigenvalue weighted by Crippen LogP contribution is -2.45. The number of hydrogen-bond acceptors (Lipinski definition) is 6. The molecule has 2 fully saturated rings. The second-order valence-corrected chi connectivity index (χ2v) is 10.9. The molecule has 1 saturated carbocycles. The van der Waals surface area contributed by atoms with E-state index in [1.54, 1.807) is 16.2 Å². The van der Waals surface area contributed by atoms with Crippen LogP contribution in [0.15, 0.2) is 58.3 Å². The van der Waals surface area contributed by atoms with Gasteiger partial charge in [0.25, 0.3) is 5.91 Å². The monoisotopic (exact) mass is 519 g/mol. The van der Waals surface area contributed by atoms with Crippen molar-refractivity contribution in [2.45, 2.75) is 64.0 Å². The van der Waals surface area contributed by atoms with E-state index in [4.69, 9.17) is 4.99 Å². The quantitative estimate of drug-likeness (QED) is 0.437. The molecule has 1 amide bonds. The van der Waals surface area contributed by atoms with Gasteiger partial charge in [0.1, 0.15) is 12.2 Å². The number of aromatic nitrogens is 1. The number of amidine groups is 1. The largest absolute Gasteiger partial charge is 0.333 e. The third-order valence-corrected chi connectivity index (χ3v) is 7.35.